The fourth-order valence-electron chi connectivity index (χ4n) is 1.68. The van der Waals surface area contributed by atoms with Gasteiger partial charge in [0.15, 0.2) is 5.92 Å². The molecule has 0 aliphatic carbocycles. The minimum absolute atomic E-state index is 0.0815. The van der Waals surface area contributed by atoms with Gasteiger partial charge in [-0.15, -0.1) is 0 Å². The van der Waals surface area contributed by atoms with E-state index in [9.17, 15) is 9.59 Å². The summed E-state index contributed by atoms with van der Waals surface area (Å²) >= 11 is 5.78. The Morgan fingerprint density at radius 1 is 1.27 bits per heavy atom. The molecule has 22 heavy (non-hydrogen) atoms. The summed E-state index contributed by atoms with van der Waals surface area (Å²) < 4.78 is 10.5. The molecule has 122 valence electrons. The standard InChI is InChI=1S/C16H21ClO5/c1-3-11(2)22-16(20)14(15(18)19)8-9-21-10-12-4-6-13(17)7-5-12/h4-7,11,14H,3,8-10H2,1-2H3,(H,18,19). The number of carboxylic acid groups (broad SMARTS) is 1. The molecule has 0 saturated carbocycles. The lowest BCUT2D eigenvalue weighted by molar-refractivity contribution is -0.162. The van der Waals surface area contributed by atoms with Crippen LogP contribution in [-0.2, 0) is 25.7 Å². The van der Waals surface area contributed by atoms with Gasteiger partial charge in [0.05, 0.1) is 12.7 Å². The summed E-state index contributed by atoms with van der Waals surface area (Å²) in [7, 11) is 0. The van der Waals surface area contributed by atoms with Gasteiger partial charge in [-0.1, -0.05) is 30.7 Å². The average molecular weight is 329 g/mol. The maximum absolute atomic E-state index is 11.8. The van der Waals surface area contributed by atoms with Crippen molar-refractivity contribution in [3.63, 3.8) is 0 Å². The summed E-state index contributed by atoms with van der Waals surface area (Å²) in [6.45, 7) is 4.09. The maximum atomic E-state index is 11.8. The van der Waals surface area contributed by atoms with Gasteiger partial charge in [0.25, 0.3) is 0 Å². The number of benzene rings is 1. The zero-order valence-corrected chi connectivity index (χ0v) is 13.5. The molecule has 6 heteroatoms. The Labute approximate surface area is 135 Å². The summed E-state index contributed by atoms with van der Waals surface area (Å²) in [4.78, 5) is 22.9. The Bertz CT molecular complexity index is 486. The van der Waals surface area contributed by atoms with Gasteiger partial charge in [-0.05, 0) is 37.5 Å². The second-order valence-corrected chi connectivity index (χ2v) is 5.45. The lowest BCUT2D eigenvalue weighted by Gasteiger charge is -2.15. The van der Waals surface area contributed by atoms with Gasteiger partial charge in [0.2, 0.25) is 0 Å². The van der Waals surface area contributed by atoms with E-state index in [1.54, 1.807) is 19.1 Å². The Morgan fingerprint density at radius 2 is 1.91 bits per heavy atom. The van der Waals surface area contributed by atoms with Gasteiger partial charge in [0.1, 0.15) is 0 Å². The molecule has 0 spiro atoms. The molecule has 0 aromatic heterocycles. The summed E-state index contributed by atoms with van der Waals surface area (Å²) in [6, 6.07) is 7.16. The molecule has 1 aromatic carbocycles. The first-order valence-corrected chi connectivity index (χ1v) is 7.57. The predicted octanol–water partition coefficient (Wildman–Crippen LogP) is 3.29. The molecule has 5 nitrogen and oxygen atoms in total. The van der Waals surface area contributed by atoms with Crippen molar-refractivity contribution in [3.05, 3.63) is 34.9 Å². The maximum Gasteiger partial charge on any atom is 0.320 e. The van der Waals surface area contributed by atoms with Gasteiger partial charge >= 0.3 is 11.9 Å². The molecule has 0 heterocycles. The lowest BCUT2D eigenvalue weighted by atomic mass is 10.1. The van der Waals surface area contributed by atoms with E-state index >= 15 is 0 Å². The Kier molecular flexibility index (Phi) is 7.91. The number of aliphatic carboxylic acids is 1. The quantitative estimate of drug-likeness (QED) is 0.428. The van der Waals surface area contributed by atoms with E-state index in [0.29, 0.717) is 18.1 Å². The summed E-state index contributed by atoms with van der Waals surface area (Å²) in [5, 5.41) is 9.75. The highest BCUT2D eigenvalue weighted by Gasteiger charge is 2.28. The SMILES string of the molecule is CCC(C)OC(=O)C(CCOCc1ccc(Cl)cc1)C(=O)O. The second-order valence-electron chi connectivity index (χ2n) is 5.01. The molecule has 1 N–H and O–H groups in total. The van der Waals surface area contributed by atoms with E-state index in [-0.39, 0.29) is 19.1 Å². The second kappa shape index (κ2) is 9.43. The first-order chi connectivity index (χ1) is 10.4. The molecular weight excluding hydrogens is 308 g/mol. The van der Waals surface area contributed by atoms with Crippen LogP contribution in [-0.4, -0.2) is 29.8 Å². The number of ether oxygens (including phenoxy) is 2. The highest BCUT2D eigenvalue weighted by atomic mass is 35.5. The van der Waals surface area contributed by atoms with Crippen LogP contribution in [0.15, 0.2) is 24.3 Å². The molecule has 2 atom stereocenters. The van der Waals surface area contributed by atoms with Crippen molar-refractivity contribution in [2.45, 2.75) is 39.4 Å². The molecule has 0 aliphatic heterocycles. The van der Waals surface area contributed by atoms with Crippen LogP contribution < -0.4 is 0 Å². The van der Waals surface area contributed by atoms with E-state index in [2.05, 4.69) is 0 Å². The van der Waals surface area contributed by atoms with E-state index in [1.807, 2.05) is 19.1 Å². The van der Waals surface area contributed by atoms with Crippen molar-refractivity contribution in [1.82, 2.24) is 0 Å². The smallest absolute Gasteiger partial charge is 0.320 e. The molecule has 2 unspecified atom stereocenters. The molecule has 1 aromatic rings. The Hall–Kier alpha value is -1.59. The van der Waals surface area contributed by atoms with Gasteiger partial charge in [-0.2, -0.15) is 0 Å². The average Bonchev–Trinajstić information content (AvgIpc) is 2.48. The van der Waals surface area contributed by atoms with Crippen LogP contribution in [0.25, 0.3) is 0 Å². The molecule has 0 aliphatic rings. The minimum atomic E-state index is -1.20. The minimum Gasteiger partial charge on any atom is -0.481 e. The molecule has 0 fully saturated rings. The monoisotopic (exact) mass is 328 g/mol. The topological polar surface area (TPSA) is 72.8 Å². The summed E-state index contributed by atoms with van der Waals surface area (Å²) in [5.74, 6) is -3.10. The van der Waals surface area contributed by atoms with Gasteiger partial charge in [-0.25, -0.2) is 0 Å². The van der Waals surface area contributed by atoms with E-state index in [1.165, 1.54) is 0 Å². The van der Waals surface area contributed by atoms with Gasteiger partial charge < -0.3 is 14.6 Å². The van der Waals surface area contributed by atoms with E-state index < -0.39 is 17.9 Å². The third-order valence-electron chi connectivity index (χ3n) is 3.21. The van der Waals surface area contributed by atoms with E-state index in [4.69, 9.17) is 26.2 Å². The van der Waals surface area contributed by atoms with Crippen LogP contribution in [0.1, 0.15) is 32.3 Å². The molecule has 1 rings (SSSR count). The number of halogens is 1. The van der Waals surface area contributed by atoms with Crippen LogP contribution in [0.5, 0.6) is 0 Å². The molecule has 0 saturated heterocycles. The molecule has 0 radical (unpaired) electrons. The molecular formula is C16H21ClO5. The molecule has 0 amide bonds. The van der Waals surface area contributed by atoms with Crippen molar-refractivity contribution < 1.29 is 24.2 Å². The van der Waals surface area contributed by atoms with Crippen molar-refractivity contribution in [3.8, 4) is 0 Å². The number of carbonyl (C=O) groups is 2. The first-order valence-electron chi connectivity index (χ1n) is 7.19. The van der Waals surface area contributed by atoms with Crippen LogP contribution in [0.4, 0.5) is 0 Å². The number of rotatable bonds is 9. The van der Waals surface area contributed by atoms with Crippen LogP contribution in [0, 0.1) is 5.92 Å². The number of esters is 1. The highest BCUT2D eigenvalue weighted by molar-refractivity contribution is 6.30. The fraction of sp³-hybridized carbons (Fsp3) is 0.500. The summed E-state index contributed by atoms with van der Waals surface area (Å²) in [5.41, 5.74) is 0.929. The summed E-state index contributed by atoms with van der Waals surface area (Å²) in [6.07, 6.45) is 0.438. The fourth-order valence-corrected chi connectivity index (χ4v) is 1.80. The van der Waals surface area contributed by atoms with Crippen LogP contribution in [0.2, 0.25) is 5.02 Å². The largest absolute Gasteiger partial charge is 0.481 e. The molecule has 0 bridgehead atoms. The third kappa shape index (κ3) is 6.45. The number of hydrogen-bond acceptors (Lipinski definition) is 4. The zero-order valence-electron chi connectivity index (χ0n) is 12.8. The van der Waals surface area contributed by atoms with Crippen LogP contribution in [0.3, 0.4) is 0 Å². The van der Waals surface area contributed by atoms with Crippen molar-refractivity contribution in [2.75, 3.05) is 6.61 Å². The Balaban J connectivity index is 2.39. The van der Waals surface area contributed by atoms with Crippen molar-refractivity contribution >= 4 is 23.5 Å². The Morgan fingerprint density at radius 3 is 2.45 bits per heavy atom. The zero-order chi connectivity index (χ0) is 16.5. The predicted molar refractivity (Wildman–Crippen MR) is 82.7 cm³/mol. The highest BCUT2D eigenvalue weighted by Crippen LogP contribution is 2.12. The van der Waals surface area contributed by atoms with Crippen LogP contribution >= 0.6 is 11.6 Å². The number of hydrogen-bond donors (Lipinski definition) is 1. The third-order valence-corrected chi connectivity index (χ3v) is 3.46. The van der Waals surface area contributed by atoms with E-state index in [0.717, 1.165) is 5.56 Å². The lowest BCUT2D eigenvalue weighted by Crippen LogP contribution is -2.29. The van der Waals surface area contributed by atoms with Gasteiger partial charge in [0, 0.05) is 11.6 Å². The normalized spacial score (nSPS) is 13.4. The van der Waals surface area contributed by atoms with Gasteiger partial charge in [-0.3, -0.25) is 9.59 Å². The van der Waals surface area contributed by atoms with Crippen molar-refractivity contribution in [1.29, 1.82) is 0 Å². The first kappa shape index (κ1) is 18.5. The number of carboxylic acids is 1. The number of carbonyl (C=O) groups excluding carboxylic acids is 1. The van der Waals surface area contributed by atoms with Crippen molar-refractivity contribution in [2.24, 2.45) is 5.92 Å².